The van der Waals surface area contributed by atoms with Crippen LogP contribution in [0.15, 0.2) is 41.6 Å². The molecule has 0 saturated carbocycles. The molecule has 1 aromatic carbocycles. The molecule has 0 aliphatic rings. The molecule has 0 spiro atoms. The Balaban J connectivity index is 2.03. The molecule has 3 nitrogen and oxygen atoms in total. The summed E-state index contributed by atoms with van der Waals surface area (Å²) in [6.07, 6.45) is 3.51. The number of thioether (sulfide) groups is 1. The van der Waals surface area contributed by atoms with Crippen molar-refractivity contribution < 1.29 is 0 Å². The zero-order chi connectivity index (χ0) is 14.5. The highest BCUT2D eigenvalue weighted by Gasteiger charge is 2.07. The monoisotopic (exact) mass is 287 g/mol. The Labute approximate surface area is 125 Å². The van der Waals surface area contributed by atoms with Crippen LogP contribution in [0.5, 0.6) is 0 Å². The van der Waals surface area contributed by atoms with Crippen LogP contribution in [0, 0.1) is 6.92 Å². The molecule has 0 bridgehead atoms. The molecule has 1 atom stereocenters. The zero-order valence-electron chi connectivity index (χ0n) is 12.4. The minimum atomic E-state index is 0.212. The quantitative estimate of drug-likeness (QED) is 0.824. The average molecular weight is 287 g/mol. The first-order valence-corrected chi connectivity index (χ1v) is 7.74. The number of nitrogens with one attached hydrogen (secondary N) is 1. The van der Waals surface area contributed by atoms with E-state index in [9.17, 15) is 0 Å². The van der Waals surface area contributed by atoms with Crippen LogP contribution in [0.3, 0.4) is 0 Å². The number of nitrogens with zero attached hydrogens (tertiary/aromatic N) is 2. The van der Waals surface area contributed by atoms with Crippen LogP contribution in [-0.4, -0.2) is 15.2 Å². The van der Waals surface area contributed by atoms with Gasteiger partial charge in [0.25, 0.3) is 0 Å². The van der Waals surface area contributed by atoms with Gasteiger partial charge in [0.1, 0.15) is 5.82 Å². The van der Waals surface area contributed by atoms with E-state index in [4.69, 9.17) is 0 Å². The molecule has 0 aliphatic carbocycles. The smallest absolute Gasteiger partial charge is 0.145 e. The minimum Gasteiger partial charge on any atom is -0.362 e. The standard InChI is InChI=1S/C16H21N3S/c1-11(2)20-15-7-5-14(6-8-15)13(4)19-16-10-17-9-12(3)18-16/h5-11,13H,1-4H3,(H,18,19). The van der Waals surface area contributed by atoms with Gasteiger partial charge in [0.15, 0.2) is 0 Å². The van der Waals surface area contributed by atoms with E-state index < -0.39 is 0 Å². The van der Waals surface area contributed by atoms with Crippen molar-refractivity contribution in [3.8, 4) is 0 Å². The summed E-state index contributed by atoms with van der Waals surface area (Å²) in [4.78, 5) is 9.88. The van der Waals surface area contributed by atoms with Crippen LogP contribution in [0.4, 0.5) is 5.82 Å². The van der Waals surface area contributed by atoms with Gasteiger partial charge in [0, 0.05) is 22.4 Å². The Morgan fingerprint density at radius 1 is 1.05 bits per heavy atom. The molecule has 1 aromatic heterocycles. The molecule has 0 aliphatic heterocycles. The predicted octanol–water partition coefficient (Wildman–Crippen LogP) is 4.46. The number of hydrogen-bond acceptors (Lipinski definition) is 4. The fourth-order valence-electron chi connectivity index (χ4n) is 1.95. The molecule has 4 heteroatoms. The number of rotatable bonds is 5. The van der Waals surface area contributed by atoms with Gasteiger partial charge in [-0.1, -0.05) is 26.0 Å². The number of hydrogen-bond donors (Lipinski definition) is 1. The van der Waals surface area contributed by atoms with Crippen LogP contribution in [0.1, 0.15) is 38.1 Å². The van der Waals surface area contributed by atoms with Gasteiger partial charge in [-0.15, -0.1) is 11.8 Å². The maximum atomic E-state index is 4.42. The van der Waals surface area contributed by atoms with E-state index in [1.807, 2.05) is 18.7 Å². The Morgan fingerprint density at radius 2 is 1.75 bits per heavy atom. The molecule has 0 radical (unpaired) electrons. The van der Waals surface area contributed by atoms with Crippen LogP contribution in [-0.2, 0) is 0 Å². The number of anilines is 1. The Bertz CT molecular complexity index is 552. The number of aromatic nitrogens is 2. The van der Waals surface area contributed by atoms with E-state index in [-0.39, 0.29) is 6.04 Å². The van der Waals surface area contributed by atoms with Gasteiger partial charge in [0.05, 0.1) is 11.9 Å². The van der Waals surface area contributed by atoms with E-state index >= 15 is 0 Å². The van der Waals surface area contributed by atoms with E-state index in [1.165, 1.54) is 10.5 Å². The van der Waals surface area contributed by atoms with Crippen molar-refractivity contribution in [3.05, 3.63) is 47.9 Å². The van der Waals surface area contributed by atoms with Crippen molar-refractivity contribution in [2.24, 2.45) is 0 Å². The Morgan fingerprint density at radius 3 is 2.35 bits per heavy atom. The summed E-state index contributed by atoms with van der Waals surface area (Å²) in [5.74, 6) is 0.818. The number of benzene rings is 1. The summed E-state index contributed by atoms with van der Waals surface area (Å²) in [6.45, 7) is 8.49. The summed E-state index contributed by atoms with van der Waals surface area (Å²) >= 11 is 1.88. The van der Waals surface area contributed by atoms with Crippen LogP contribution in [0.25, 0.3) is 0 Å². The second-order valence-electron chi connectivity index (χ2n) is 5.15. The molecule has 20 heavy (non-hydrogen) atoms. The third-order valence-corrected chi connectivity index (χ3v) is 3.89. The van der Waals surface area contributed by atoms with E-state index in [0.29, 0.717) is 5.25 Å². The van der Waals surface area contributed by atoms with Crippen molar-refractivity contribution in [2.45, 2.75) is 43.9 Å². The molecule has 1 heterocycles. The van der Waals surface area contributed by atoms with Gasteiger partial charge in [-0.05, 0) is 31.5 Å². The third-order valence-electron chi connectivity index (χ3n) is 2.87. The highest BCUT2D eigenvalue weighted by atomic mass is 32.2. The van der Waals surface area contributed by atoms with Gasteiger partial charge in [-0.3, -0.25) is 4.98 Å². The molecule has 106 valence electrons. The second-order valence-corrected chi connectivity index (χ2v) is 6.80. The van der Waals surface area contributed by atoms with Crippen molar-refractivity contribution in [2.75, 3.05) is 5.32 Å². The van der Waals surface area contributed by atoms with Gasteiger partial charge in [-0.25, -0.2) is 4.98 Å². The van der Waals surface area contributed by atoms with E-state index in [2.05, 4.69) is 60.3 Å². The van der Waals surface area contributed by atoms with Gasteiger partial charge in [0.2, 0.25) is 0 Å². The first-order valence-electron chi connectivity index (χ1n) is 6.86. The van der Waals surface area contributed by atoms with Gasteiger partial charge in [-0.2, -0.15) is 0 Å². The van der Waals surface area contributed by atoms with Gasteiger partial charge < -0.3 is 5.32 Å². The summed E-state index contributed by atoms with van der Waals surface area (Å²) in [7, 11) is 0. The number of aryl methyl sites for hydroxylation is 1. The molecule has 0 fully saturated rings. The fourth-order valence-corrected chi connectivity index (χ4v) is 2.78. The molecule has 2 rings (SSSR count). The zero-order valence-corrected chi connectivity index (χ0v) is 13.2. The second kappa shape index (κ2) is 6.75. The largest absolute Gasteiger partial charge is 0.362 e. The lowest BCUT2D eigenvalue weighted by Crippen LogP contribution is -2.08. The molecule has 0 amide bonds. The Kier molecular flexibility index (Phi) is 5.01. The lowest BCUT2D eigenvalue weighted by atomic mass is 10.1. The minimum absolute atomic E-state index is 0.212. The summed E-state index contributed by atoms with van der Waals surface area (Å²) in [5.41, 5.74) is 2.17. The third kappa shape index (κ3) is 4.23. The highest BCUT2D eigenvalue weighted by molar-refractivity contribution is 7.99. The normalized spacial score (nSPS) is 12.4. The summed E-state index contributed by atoms with van der Waals surface area (Å²) < 4.78 is 0. The molecular formula is C16H21N3S. The first-order chi connectivity index (χ1) is 9.54. The molecule has 1 N–H and O–H groups in total. The van der Waals surface area contributed by atoms with Crippen molar-refractivity contribution in [1.82, 2.24) is 9.97 Å². The maximum Gasteiger partial charge on any atom is 0.145 e. The van der Waals surface area contributed by atoms with E-state index in [1.54, 1.807) is 12.4 Å². The fraction of sp³-hybridized carbons (Fsp3) is 0.375. The van der Waals surface area contributed by atoms with Crippen LogP contribution in [0.2, 0.25) is 0 Å². The molecule has 2 aromatic rings. The lowest BCUT2D eigenvalue weighted by Gasteiger charge is -2.15. The van der Waals surface area contributed by atoms with Crippen molar-refractivity contribution in [3.63, 3.8) is 0 Å². The highest BCUT2D eigenvalue weighted by Crippen LogP contribution is 2.25. The summed E-state index contributed by atoms with van der Waals surface area (Å²) in [6, 6.07) is 8.92. The average Bonchev–Trinajstić information content (AvgIpc) is 2.38. The SMILES string of the molecule is Cc1cncc(NC(C)c2ccc(SC(C)C)cc2)n1. The van der Waals surface area contributed by atoms with Crippen LogP contribution >= 0.6 is 11.8 Å². The molecular weight excluding hydrogens is 266 g/mol. The van der Waals surface area contributed by atoms with Crippen LogP contribution < -0.4 is 5.32 Å². The van der Waals surface area contributed by atoms with Crippen molar-refractivity contribution in [1.29, 1.82) is 0 Å². The summed E-state index contributed by atoms with van der Waals surface area (Å²) in [5, 5.41) is 3.99. The molecule has 1 unspecified atom stereocenters. The van der Waals surface area contributed by atoms with Gasteiger partial charge >= 0.3 is 0 Å². The maximum absolute atomic E-state index is 4.42. The Hall–Kier alpha value is -1.55. The topological polar surface area (TPSA) is 37.8 Å². The first kappa shape index (κ1) is 14.9. The lowest BCUT2D eigenvalue weighted by molar-refractivity contribution is 0.866. The molecule has 0 saturated heterocycles. The van der Waals surface area contributed by atoms with Crippen molar-refractivity contribution >= 4 is 17.6 Å². The predicted molar refractivity (Wildman–Crippen MR) is 86.2 cm³/mol. The van der Waals surface area contributed by atoms with E-state index in [0.717, 1.165) is 11.5 Å².